The molecule has 1 aliphatic heterocycles. The first-order valence-corrected chi connectivity index (χ1v) is 12.6. The fourth-order valence-electron chi connectivity index (χ4n) is 3.97. The lowest BCUT2D eigenvalue weighted by molar-refractivity contribution is -0.121. The van der Waals surface area contributed by atoms with Gasteiger partial charge in [0.15, 0.2) is 11.5 Å². The van der Waals surface area contributed by atoms with E-state index in [1.165, 1.54) is 4.31 Å². The summed E-state index contributed by atoms with van der Waals surface area (Å²) >= 11 is 3.34. The molecule has 1 fully saturated rings. The van der Waals surface area contributed by atoms with Crippen molar-refractivity contribution in [2.45, 2.75) is 49.6 Å². The molecule has 0 unspecified atom stereocenters. The van der Waals surface area contributed by atoms with Crippen LogP contribution in [0.5, 0.6) is 11.5 Å². The Bertz CT molecular complexity index is 1040. The van der Waals surface area contributed by atoms with Crippen LogP contribution in [-0.4, -0.2) is 38.0 Å². The first kappa shape index (κ1) is 22.1. The summed E-state index contributed by atoms with van der Waals surface area (Å²) in [4.78, 5) is 13.0. The fraction of sp³-hybridized carbons (Fsp3) is 0.409. The number of hydrogen-bond donors (Lipinski definition) is 1. The Labute approximate surface area is 190 Å². The van der Waals surface area contributed by atoms with E-state index in [1.54, 1.807) is 30.3 Å². The van der Waals surface area contributed by atoms with Crippen molar-refractivity contribution in [2.75, 3.05) is 13.3 Å². The molecule has 0 bridgehead atoms. The molecule has 1 amide bonds. The van der Waals surface area contributed by atoms with Crippen molar-refractivity contribution in [1.29, 1.82) is 0 Å². The van der Waals surface area contributed by atoms with Gasteiger partial charge in [-0.3, -0.25) is 4.79 Å². The van der Waals surface area contributed by atoms with Crippen LogP contribution in [0.15, 0.2) is 51.8 Å². The first-order valence-electron chi connectivity index (χ1n) is 10.4. The van der Waals surface area contributed by atoms with E-state index in [1.807, 2.05) is 12.1 Å². The van der Waals surface area contributed by atoms with Gasteiger partial charge in [0.2, 0.25) is 22.7 Å². The third kappa shape index (κ3) is 5.22. The van der Waals surface area contributed by atoms with Crippen molar-refractivity contribution >= 4 is 31.9 Å². The number of benzene rings is 2. The number of nitrogens with one attached hydrogen (secondary N) is 1. The van der Waals surface area contributed by atoms with Crippen molar-refractivity contribution in [3.05, 3.63) is 52.5 Å². The lowest BCUT2D eigenvalue weighted by atomic mass is 9.95. The van der Waals surface area contributed by atoms with Gasteiger partial charge >= 0.3 is 0 Å². The van der Waals surface area contributed by atoms with Crippen LogP contribution in [0.3, 0.4) is 0 Å². The van der Waals surface area contributed by atoms with Gasteiger partial charge in [-0.05, 0) is 54.8 Å². The number of amides is 1. The number of rotatable bonds is 7. The van der Waals surface area contributed by atoms with Crippen LogP contribution in [0.25, 0.3) is 0 Å². The molecule has 1 aliphatic carbocycles. The van der Waals surface area contributed by atoms with Gasteiger partial charge in [0.1, 0.15) is 0 Å². The van der Waals surface area contributed by atoms with Crippen LogP contribution in [0.2, 0.25) is 0 Å². The molecule has 0 radical (unpaired) electrons. The van der Waals surface area contributed by atoms with Crippen LogP contribution in [0.1, 0.15) is 37.7 Å². The molecule has 9 heteroatoms. The zero-order chi connectivity index (χ0) is 21.8. The van der Waals surface area contributed by atoms with Crippen LogP contribution in [0, 0.1) is 0 Å². The van der Waals surface area contributed by atoms with Crippen molar-refractivity contribution in [2.24, 2.45) is 0 Å². The quantitative estimate of drug-likeness (QED) is 0.614. The Morgan fingerprint density at radius 2 is 1.74 bits per heavy atom. The minimum atomic E-state index is -3.79. The molecule has 7 nitrogen and oxygen atoms in total. The van der Waals surface area contributed by atoms with Crippen LogP contribution in [0.4, 0.5) is 0 Å². The number of sulfonamides is 1. The molecular formula is C22H25BrN2O5S. The molecule has 0 aromatic heterocycles. The van der Waals surface area contributed by atoms with E-state index in [0.29, 0.717) is 11.5 Å². The van der Waals surface area contributed by atoms with Gasteiger partial charge in [-0.1, -0.05) is 41.3 Å². The van der Waals surface area contributed by atoms with Gasteiger partial charge in [0, 0.05) is 17.1 Å². The minimum absolute atomic E-state index is 0.168. The highest BCUT2D eigenvalue weighted by Crippen LogP contribution is 2.32. The molecule has 2 aliphatic rings. The normalized spacial score (nSPS) is 16.5. The molecule has 0 saturated heterocycles. The maximum atomic E-state index is 13.4. The fourth-order valence-corrected chi connectivity index (χ4v) is 5.88. The van der Waals surface area contributed by atoms with Gasteiger partial charge in [-0.15, -0.1) is 0 Å². The minimum Gasteiger partial charge on any atom is -0.454 e. The van der Waals surface area contributed by atoms with Crippen LogP contribution < -0.4 is 14.8 Å². The molecule has 0 spiro atoms. The molecule has 1 N–H and O–H groups in total. The van der Waals surface area contributed by atoms with Crippen molar-refractivity contribution in [3.63, 3.8) is 0 Å². The van der Waals surface area contributed by atoms with Gasteiger partial charge < -0.3 is 14.8 Å². The predicted octanol–water partition coefficient (Wildman–Crippen LogP) is 3.82. The second-order valence-electron chi connectivity index (χ2n) is 7.76. The summed E-state index contributed by atoms with van der Waals surface area (Å²) in [7, 11) is -3.79. The molecule has 4 rings (SSSR count). The Morgan fingerprint density at radius 3 is 2.48 bits per heavy atom. The SMILES string of the molecule is O=C(CN(C1CCCCC1)S(=O)(=O)c1ccc(Br)cc1)NCc1ccc2c(c1)OCO2. The van der Waals surface area contributed by atoms with Crippen molar-refractivity contribution in [3.8, 4) is 11.5 Å². The number of carbonyl (C=O) groups is 1. The monoisotopic (exact) mass is 508 g/mol. The van der Waals surface area contributed by atoms with Crippen LogP contribution >= 0.6 is 15.9 Å². The molecule has 0 atom stereocenters. The summed E-state index contributed by atoms with van der Waals surface area (Å²) in [5, 5.41) is 2.84. The summed E-state index contributed by atoms with van der Waals surface area (Å²) in [6.07, 6.45) is 4.57. The smallest absolute Gasteiger partial charge is 0.243 e. The Balaban J connectivity index is 1.47. The third-order valence-corrected chi connectivity index (χ3v) is 8.07. The van der Waals surface area contributed by atoms with Crippen molar-refractivity contribution in [1.82, 2.24) is 9.62 Å². The van der Waals surface area contributed by atoms with E-state index >= 15 is 0 Å². The van der Waals surface area contributed by atoms with Gasteiger partial charge in [-0.2, -0.15) is 4.31 Å². The summed E-state index contributed by atoms with van der Waals surface area (Å²) in [6, 6.07) is 11.8. The lowest BCUT2D eigenvalue weighted by Gasteiger charge is -2.33. The standard InChI is InChI=1S/C22H25BrN2O5S/c23-17-7-9-19(10-8-17)31(27,28)25(18-4-2-1-3-5-18)14-22(26)24-13-16-6-11-20-21(12-16)30-15-29-20/h6-12,18H,1-5,13-15H2,(H,24,26). The number of halogens is 1. The molecule has 1 saturated carbocycles. The molecule has 31 heavy (non-hydrogen) atoms. The van der Waals surface area contributed by atoms with Crippen LogP contribution in [-0.2, 0) is 21.4 Å². The second kappa shape index (κ2) is 9.58. The second-order valence-corrected chi connectivity index (χ2v) is 10.6. The summed E-state index contributed by atoms with van der Waals surface area (Å²) in [6.45, 7) is 0.273. The molecular weight excluding hydrogens is 484 g/mol. The van der Waals surface area contributed by atoms with E-state index in [9.17, 15) is 13.2 Å². The zero-order valence-electron chi connectivity index (χ0n) is 17.1. The largest absolute Gasteiger partial charge is 0.454 e. The average molecular weight is 509 g/mol. The van der Waals surface area contributed by atoms with E-state index < -0.39 is 10.0 Å². The Kier molecular flexibility index (Phi) is 6.83. The number of fused-ring (bicyclic) bond motifs is 1. The molecule has 2 aromatic carbocycles. The number of nitrogens with zero attached hydrogens (tertiary/aromatic N) is 1. The first-order chi connectivity index (χ1) is 14.9. The third-order valence-electron chi connectivity index (χ3n) is 5.63. The summed E-state index contributed by atoms with van der Waals surface area (Å²) in [5.74, 6) is 0.997. The molecule has 2 aromatic rings. The maximum absolute atomic E-state index is 13.4. The average Bonchev–Trinajstić information content (AvgIpc) is 3.25. The summed E-state index contributed by atoms with van der Waals surface area (Å²) < 4.78 is 39.6. The highest BCUT2D eigenvalue weighted by molar-refractivity contribution is 9.10. The lowest BCUT2D eigenvalue weighted by Crippen LogP contribution is -2.46. The highest BCUT2D eigenvalue weighted by Gasteiger charge is 2.34. The number of carbonyl (C=O) groups excluding carboxylic acids is 1. The summed E-state index contributed by atoms with van der Waals surface area (Å²) in [5.41, 5.74) is 0.859. The van der Waals surface area contributed by atoms with Gasteiger partial charge in [0.05, 0.1) is 11.4 Å². The van der Waals surface area contributed by atoms with Gasteiger partial charge in [-0.25, -0.2) is 8.42 Å². The molecule has 166 valence electrons. The van der Waals surface area contributed by atoms with E-state index in [0.717, 1.165) is 42.1 Å². The topological polar surface area (TPSA) is 84.9 Å². The molecule has 1 heterocycles. The van der Waals surface area contributed by atoms with E-state index in [2.05, 4.69) is 21.2 Å². The number of ether oxygens (including phenoxy) is 2. The zero-order valence-corrected chi connectivity index (χ0v) is 19.5. The number of hydrogen-bond acceptors (Lipinski definition) is 5. The highest BCUT2D eigenvalue weighted by atomic mass is 79.9. The van der Waals surface area contributed by atoms with E-state index in [-0.39, 0.29) is 36.7 Å². The maximum Gasteiger partial charge on any atom is 0.243 e. The van der Waals surface area contributed by atoms with E-state index in [4.69, 9.17) is 9.47 Å². The predicted molar refractivity (Wildman–Crippen MR) is 119 cm³/mol. The van der Waals surface area contributed by atoms with Crippen molar-refractivity contribution < 1.29 is 22.7 Å². The van der Waals surface area contributed by atoms with Gasteiger partial charge in [0.25, 0.3) is 0 Å². The Morgan fingerprint density at radius 1 is 1.03 bits per heavy atom. The Hall–Kier alpha value is -2.10.